The number of thiophene rings is 1. The molecule has 0 saturated heterocycles. The van der Waals surface area contributed by atoms with E-state index in [1.807, 2.05) is 11.4 Å². The molecule has 0 fully saturated rings. The minimum atomic E-state index is 0.747. The summed E-state index contributed by atoms with van der Waals surface area (Å²) in [4.78, 5) is 1.15. The van der Waals surface area contributed by atoms with E-state index in [-0.39, 0.29) is 0 Å². The molecule has 0 atom stereocenters. The summed E-state index contributed by atoms with van der Waals surface area (Å²) >= 11 is 11.4. The molecule has 8 heavy (non-hydrogen) atoms. The molecule has 1 aromatic heterocycles. The van der Waals surface area contributed by atoms with E-state index >= 15 is 0 Å². The molecule has 0 amide bonds. The largest absolute Gasteiger partial charge is 0.174 e. The molecule has 0 N–H and O–H groups in total. The Balaban J connectivity index is 2.92. The summed E-state index contributed by atoms with van der Waals surface area (Å²) < 4.78 is 0. The standard InChI is InChI=1S/C5H5ClS2/c6-4-1-2-8-5(4)3-7/h1-2,7H,3H2. The maximum Gasteiger partial charge on any atom is 0.0553 e. The van der Waals surface area contributed by atoms with Crippen LogP contribution in [-0.2, 0) is 5.75 Å². The number of rotatable bonds is 1. The van der Waals surface area contributed by atoms with Crippen molar-refractivity contribution in [2.75, 3.05) is 0 Å². The second-order valence-corrected chi connectivity index (χ2v) is 3.07. The molecule has 0 aliphatic carbocycles. The number of hydrogen-bond acceptors (Lipinski definition) is 2. The van der Waals surface area contributed by atoms with Gasteiger partial charge < -0.3 is 0 Å². The van der Waals surface area contributed by atoms with Crippen LogP contribution in [0.3, 0.4) is 0 Å². The van der Waals surface area contributed by atoms with Gasteiger partial charge in [0.1, 0.15) is 0 Å². The molecule has 0 unspecified atom stereocenters. The van der Waals surface area contributed by atoms with Gasteiger partial charge in [-0.25, -0.2) is 0 Å². The van der Waals surface area contributed by atoms with Crippen molar-refractivity contribution in [2.45, 2.75) is 5.75 Å². The Bertz CT molecular complexity index is 171. The van der Waals surface area contributed by atoms with Crippen molar-refractivity contribution < 1.29 is 0 Å². The van der Waals surface area contributed by atoms with Crippen LogP contribution in [0.1, 0.15) is 4.88 Å². The first kappa shape index (κ1) is 6.46. The average molecular weight is 165 g/mol. The lowest BCUT2D eigenvalue weighted by Crippen LogP contribution is -1.64. The van der Waals surface area contributed by atoms with Gasteiger partial charge in [0.25, 0.3) is 0 Å². The number of halogens is 1. The summed E-state index contributed by atoms with van der Waals surface area (Å²) in [5.41, 5.74) is 0. The Labute approximate surface area is 62.9 Å². The van der Waals surface area contributed by atoms with Gasteiger partial charge in [0.15, 0.2) is 0 Å². The van der Waals surface area contributed by atoms with Gasteiger partial charge in [0.2, 0.25) is 0 Å². The molecule has 0 aromatic carbocycles. The normalized spacial score (nSPS) is 9.75. The molecule has 1 rings (SSSR count). The van der Waals surface area contributed by atoms with Crippen LogP contribution in [0.25, 0.3) is 0 Å². The molecule has 44 valence electrons. The van der Waals surface area contributed by atoms with Crippen molar-refractivity contribution in [3.63, 3.8) is 0 Å². The molecular formula is C5H5ClS2. The minimum Gasteiger partial charge on any atom is -0.174 e. The molecule has 3 heteroatoms. The van der Waals surface area contributed by atoms with E-state index in [4.69, 9.17) is 11.6 Å². The molecule has 1 heterocycles. The van der Waals surface area contributed by atoms with Crippen LogP contribution in [-0.4, -0.2) is 0 Å². The van der Waals surface area contributed by atoms with Gasteiger partial charge in [-0.15, -0.1) is 11.3 Å². The molecule has 0 saturated carbocycles. The van der Waals surface area contributed by atoms with Crippen molar-refractivity contribution in [2.24, 2.45) is 0 Å². The van der Waals surface area contributed by atoms with Gasteiger partial charge in [0, 0.05) is 10.6 Å². The van der Waals surface area contributed by atoms with Crippen LogP contribution < -0.4 is 0 Å². The molecule has 0 aliphatic rings. The highest BCUT2D eigenvalue weighted by atomic mass is 35.5. The van der Waals surface area contributed by atoms with E-state index in [0.717, 1.165) is 15.7 Å². The molecular weight excluding hydrogens is 160 g/mol. The SMILES string of the molecule is SCc1sccc1Cl. The summed E-state index contributed by atoms with van der Waals surface area (Å²) in [5.74, 6) is 0.747. The van der Waals surface area contributed by atoms with Crippen molar-refractivity contribution in [3.05, 3.63) is 21.3 Å². The van der Waals surface area contributed by atoms with Crippen molar-refractivity contribution in [1.82, 2.24) is 0 Å². The zero-order chi connectivity index (χ0) is 5.98. The van der Waals surface area contributed by atoms with Crippen molar-refractivity contribution >= 4 is 35.6 Å². The fourth-order valence-electron chi connectivity index (χ4n) is 0.438. The molecule has 0 radical (unpaired) electrons. The highest BCUT2D eigenvalue weighted by Gasteiger charge is 1.95. The van der Waals surface area contributed by atoms with Gasteiger partial charge in [0.05, 0.1) is 5.02 Å². The summed E-state index contributed by atoms with van der Waals surface area (Å²) in [6.45, 7) is 0. The van der Waals surface area contributed by atoms with Crippen LogP contribution in [0.15, 0.2) is 11.4 Å². The van der Waals surface area contributed by atoms with E-state index in [2.05, 4.69) is 12.6 Å². The smallest absolute Gasteiger partial charge is 0.0553 e. The Kier molecular flexibility index (Phi) is 2.23. The lowest BCUT2D eigenvalue weighted by Gasteiger charge is -1.84. The van der Waals surface area contributed by atoms with Gasteiger partial charge >= 0.3 is 0 Å². The summed E-state index contributed by atoms with van der Waals surface area (Å²) in [6.07, 6.45) is 0. The lowest BCUT2D eigenvalue weighted by atomic mass is 10.5. The zero-order valence-electron chi connectivity index (χ0n) is 4.10. The predicted molar refractivity (Wildman–Crippen MR) is 42.0 cm³/mol. The van der Waals surface area contributed by atoms with Gasteiger partial charge in [-0.1, -0.05) is 11.6 Å². The quantitative estimate of drug-likeness (QED) is 0.607. The Morgan fingerprint density at radius 2 is 2.50 bits per heavy atom. The fourth-order valence-corrected chi connectivity index (χ4v) is 1.89. The van der Waals surface area contributed by atoms with E-state index in [9.17, 15) is 0 Å². The van der Waals surface area contributed by atoms with Crippen LogP contribution in [0.4, 0.5) is 0 Å². The van der Waals surface area contributed by atoms with E-state index in [0.29, 0.717) is 0 Å². The number of hydrogen-bond donors (Lipinski definition) is 1. The second-order valence-electron chi connectivity index (χ2n) is 1.35. The van der Waals surface area contributed by atoms with E-state index in [1.165, 1.54) is 0 Å². The molecule has 0 nitrogen and oxygen atoms in total. The van der Waals surface area contributed by atoms with Crippen LogP contribution in [0.2, 0.25) is 5.02 Å². The van der Waals surface area contributed by atoms with Crippen molar-refractivity contribution in [3.8, 4) is 0 Å². The Morgan fingerprint density at radius 3 is 2.75 bits per heavy atom. The summed E-state index contributed by atoms with van der Waals surface area (Å²) in [7, 11) is 0. The number of thiol groups is 1. The first-order valence-corrected chi connectivity index (χ1v) is 4.06. The zero-order valence-corrected chi connectivity index (χ0v) is 6.56. The maximum atomic E-state index is 5.70. The van der Waals surface area contributed by atoms with Crippen LogP contribution in [0.5, 0.6) is 0 Å². The molecule has 0 bridgehead atoms. The third-order valence-electron chi connectivity index (χ3n) is 0.835. The highest BCUT2D eigenvalue weighted by molar-refractivity contribution is 7.79. The van der Waals surface area contributed by atoms with E-state index in [1.54, 1.807) is 11.3 Å². The second kappa shape index (κ2) is 2.76. The van der Waals surface area contributed by atoms with Crippen LogP contribution in [0, 0.1) is 0 Å². The first-order chi connectivity index (χ1) is 3.84. The highest BCUT2D eigenvalue weighted by Crippen LogP contribution is 2.22. The minimum absolute atomic E-state index is 0.747. The average Bonchev–Trinajstić information content (AvgIpc) is 2.14. The van der Waals surface area contributed by atoms with Gasteiger partial charge in [-0.3, -0.25) is 0 Å². The Hall–Kier alpha value is 0.340. The summed E-state index contributed by atoms with van der Waals surface area (Å²) in [6, 6.07) is 1.89. The lowest BCUT2D eigenvalue weighted by molar-refractivity contribution is 1.57. The van der Waals surface area contributed by atoms with Crippen LogP contribution >= 0.6 is 35.6 Å². The van der Waals surface area contributed by atoms with Crippen molar-refractivity contribution in [1.29, 1.82) is 0 Å². The fraction of sp³-hybridized carbons (Fsp3) is 0.200. The Morgan fingerprint density at radius 1 is 1.75 bits per heavy atom. The molecule has 0 spiro atoms. The summed E-state index contributed by atoms with van der Waals surface area (Å²) in [5, 5.41) is 2.80. The third kappa shape index (κ3) is 1.19. The van der Waals surface area contributed by atoms with Gasteiger partial charge in [-0.05, 0) is 11.4 Å². The molecule has 0 aliphatic heterocycles. The monoisotopic (exact) mass is 164 g/mol. The topological polar surface area (TPSA) is 0 Å². The van der Waals surface area contributed by atoms with E-state index < -0.39 is 0 Å². The van der Waals surface area contributed by atoms with Gasteiger partial charge in [-0.2, -0.15) is 12.6 Å². The predicted octanol–water partition coefficient (Wildman–Crippen LogP) is 2.83. The third-order valence-corrected chi connectivity index (χ3v) is 2.75. The maximum absolute atomic E-state index is 5.70. The molecule has 1 aromatic rings. The first-order valence-electron chi connectivity index (χ1n) is 2.17.